The molecule has 4 N–H and O–H groups in total. The number of carbonyl (C=O) groups excluding carboxylic acids is 6. The lowest BCUT2D eigenvalue weighted by Crippen LogP contribution is -2.46. The van der Waals surface area contributed by atoms with Crippen LogP contribution < -0.4 is 19.8 Å². The van der Waals surface area contributed by atoms with E-state index < -0.39 is 29.2 Å². The number of aliphatic imine (C=N–C) groups is 2. The van der Waals surface area contributed by atoms with Crippen LogP contribution in [0.3, 0.4) is 0 Å². The van der Waals surface area contributed by atoms with Crippen molar-refractivity contribution in [2.45, 2.75) is 149 Å². The molecule has 0 spiro atoms. The van der Waals surface area contributed by atoms with Crippen molar-refractivity contribution in [2.24, 2.45) is 32.8 Å². The van der Waals surface area contributed by atoms with Crippen molar-refractivity contribution in [2.75, 3.05) is 24.6 Å². The summed E-state index contributed by atoms with van der Waals surface area (Å²) in [7, 11) is 0. The summed E-state index contributed by atoms with van der Waals surface area (Å²) >= 11 is 0. The highest BCUT2D eigenvalue weighted by Crippen LogP contribution is 2.50. The van der Waals surface area contributed by atoms with Crippen molar-refractivity contribution >= 4 is 93.0 Å². The normalized spacial score (nSPS) is 18.3. The second kappa shape index (κ2) is 41.7. The van der Waals surface area contributed by atoms with E-state index in [1.807, 2.05) is 122 Å². The number of phenolic OH excluding ortho intramolecular Hbond substituents is 1. The third kappa shape index (κ3) is 22.3. The van der Waals surface area contributed by atoms with Crippen LogP contribution in [0.15, 0.2) is 262 Å². The SMILES string of the molecule is C=C1CC(=O)/C(=C/c2ccc(CC)cc2)C1.CCCOc1ccc(N2C(=O)CC(N3CCC(C(=O)O)CC3)C2=O)cc1.Cc1ccc2c(c1)-c1cc(O)ccc1C2CC(C)CC1C(=O)CCC1=O.Cc1ccc2c(c1)/C(=N/NC1N=CC(C(=O)Cc3cccc(C(=O)O)c3)=N1)CC(c1ccccc1)O2.O=[N+]([O-])c1ccc(Cc2ccccc2-c2ccccc2)c2nonc12. The highest BCUT2D eigenvalue weighted by atomic mass is 16.6. The zero-order chi connectivity index (χ0) is 90.9. The summed E-state index contributed by atoms with van der Waals surface area (Å²) in [4.78, 5) is 118. The van der Waals surface area contributed by atoms with Crippen molar-refractivity contribution in [1.29, 1.82) is 0 Å². The second-order valence-corrected chi connectivity index (χ2v) is 33.4. The number of hydrogen-bond acceptors (Lipinski definition) is 21. The van der Waals surface area contributed by atoms with E-state index in [1.165, 1.54) is 57.1 Å². The number of aryl methyl sites for hydroxylation is 3. The number of carbonyl (C=O) groups is 8. The number of aromatic nitrogens is 2. The predicted molar refractivity (Wildman–Crippen MR) is 494 cm³/mol. The van der Waals surface area contributed by atoms with Crippen LogP contribution in [-0.2, 0) is 52.8 Å². The zero-order valence-electron chi connectivity index (χ0n) is 72.5. The molecule has 5 unspecified atom stereocenters. The lowest BCUT2D eigenvalue weighted by atomic mass is 9.83. The molecule has 4 aliphatic heterocycles. The molecular weight excluding hydrogens is 1630 g/mol. The number of carboxylic acids is 2. The average Bonchev–Trinajstić information content (AvgIpc) is 1.60. The van der Waals surface area contributed by atoms with E-state index in [9.17, 15) is 53.6 Å². The predicted octanol–water partition coefficient (Wildman–Crippen LogP) is 18.8. The number of nitrogens with one attached hydrogen (secondary N) is 1. The van der Waals surface area contributed by atoms with Gasteiger partial charge in [0.1, 0.15) is 46.1 Å². The molecule has 25 heteroatoms. The van der Waals surface area contributed by atoms with Crippen molar-refractivity contribution < 1.29 is 72.7 Å². The van der Waals surface area contributed by atoms with Crippen molar-refractivity contribution in [1.82, 2.24) is 20.6 Å². The van der Waals surface area contributed by atoms with Gasteiger partial charge in [-0.2, -0.15) is 5.10 Å². The van der Waals surface area contributed by atoms with Gasteiger partial charge in [-0.3, -0.25) is 54.0 Å². The fraction of sp³-hybridized carbons (Fsp3) is 0.279. The van der Waals surface area contributed by atoms with Gasteiger partial charge in [0, 0.05) is 61.6 Å². The number of fused-ring (bicyclic) bond motifs is 5. The van der Waals surface area contributed by atoms with E-state index >= 15 is 0 Å². The number of phenols is 1. The van der Waals surface area contributed by atoms with Gasteiger partial charge in [0.25, 0.3) is 5.91 Å². The van der Waals surface area contributed by atoms with E-state index in [4.69, 9.17) is 24.3 Å². The molecule has 2 saturated carbocycles. The first-order valence-corrected chi connectivity index (χ1v) is 43.5. The molecule has 25 nitrogen and oxygen atoms in total. The van der Waals surface area contributed by atoms with Gasteiger partial charge in [0.2, 0.25) is 17.7 Å². The molecular formula is C104H101N9O16. The Morgan fingerprint density at radius 1 is 0.690 bits per heavy atom. The maximum absolute atomic E-state index is 12.8. The number of allylic oxidation sites excluding steroid dienone is 2. The Balaban J connectivity index is 0.000000133. The number of carboxylic acid groups (broad SMARTS) is 2. The second-order valence-electron chi connectivity index (χ2n) is 33.4. The fourth-order valence-electron chi connectivity index (χ4n) is 17.3. The van der Waals surface area contributed by atoms with E-state index in [1.54, 1.807) is 48.5 Å². The number of non-ortho nitro benzene ring substituents is 1. The van der Waals surface area contributed by atoms with Gasteiger partial charge in [-0.25, -0.2) is 24.3 Å². The number of nitro benzene ring substituents is 1. The number of anilines is 1. The van der Waals surface area contributed by atoms with E-state index in [2.05, 4.69) is 119 Å². The number of amides is 2. The lowest BCUT2D eigenvalue weighted by molar-refractivity contribution is -0.383. The monoisotopic (exact) mass is 1730 g/mol. The van der Waals surface area contributed by atoms with Crippen LogP contribution in [0.4, 0.5) is 11.4 Å². The number of piperidine rings is 1. The third-order valence-corrected chi connectivity index (χ3v) is 24.1. The summed E-state index contributed by atoms with van der Waals surface area (Å²) in [6.45, 7) is 15.9. The number of ketones is 4. The first-order chi connectivity index (χ1) is 62.3. The van der Waals surface area contributed by atoms with Crippen molar-refractivity contribution in [3.05, 3.63) is 319 Å². The molecule has 2 amide bonds. The standard InChI is InChI=1S/C28H24N4O4.C23H24O3.C19H13N3O3.C19H24N2O5.C15H16O/c1-17-10-11-25-21(12-17)22(15-26(36-25)19-7-3-2-4-8-19)31-32-28-29-16-23(30-28)24(33)14-18-6-5-9-20(13-18)27(34)35;1-13-3-5-16-18(10-14(2)11-21-22(25)7-8-23(21)26)17-6-4-15(24)12-20(17)19(16)9-13;23-22(24)17-11-10-15(18-19(17)21-25-20-18)12-14-8-4-5-9-16(14)13-6-2-1-3-7-13;1-2-11-26-15-5-3-14(4-6-15)21-17(22)12-16(18(21)23)20-9-7-13(8-10-20)19(24)25;1-3-12-4-6-13(7-5-12)10-14-8-11(2)9-15(14)16/h2-13,16,26,28,32H,14-15H2,1H3,(H,34,35);3-6,9,12,14,18,21,24H,7-8,10-11H2,1-2H3;1-11H,12H2;3-6,13,16H,2,7-12H2,1H3,(H,24,25);4-7,10H,2-3,8-9H2,1H3/b31-22+;;;;14-10+. The highest BCUT2D eigenvalue weighted by molar-refractivity contribution is 6.62. The van der Waals surface area contributed by atoms with Crippen LogP contribution in [0.2, 0.25) is 0 Å². The van der Waals surface area contributed by atoms with Crippen LogP contribution in [0.5, 0.6) is 17.2 Å². The number of aromatic hydroxyl groups is 1. The van der Waals surface area contributed by atoms with Gasteiger partial charge >= 0.3 is 17.6 Å². The van der Waals surface area contributed by atoms with Crippen molar-refractivity contribution in [3.8, 4) is 39.5 Å². The Labute approximate surface area is 747 Å². The number of nitrogens with zero attached hydrogens (tertiary/aromatic N) is 8. The molecule has 1 aromatic heterocycles. The Morgan fingerprint density at radius 3 is 2.04 bits per heavy atom. The van der Waals surface area contributed by atoms with Crippen LogP contribution in [0.1, 0.15) is 175 Å². The van der Waals surface area contributed by atoms with Crippen LogP contribution in [0.25, 0.3) is 39.4 Å². The molecule has 658 valence electrons. The number of imide groups is 1. The Morgan fingerprint density at radius 2 is 1.36 bits per heavy atom. The summed E-state index contributed by atoms with van der Waals surface area (Å²) in [6.07, 6.45) is 10.5. The Kier molecular flexibility index (Phi) is 29.3. The number of benzene rings is 10. The molecule has 5 atom stereocenters. The number of ether oxygens (including phenoxy) is 2. The molecule has 5 heterocycles. The molecule has 0 radical (unpaired) electrons. The smallest absolute Gasteiger partial charge is 0.335 e. The van der Waals surface area contributed by atoms with Crippen molar-refractivity contribution in [3.63, 3.8) is 0 Å². The molecule has 11 aromatic rings. The third-order valence-electron chi connectivity index (χ3n) is 24.1. The molecule has 2 saturated heterocycles. The molecule has 3 aliphatic carbocycles. The number of aliphatic carboxylic acids is 1. The molecule has 10 aromatic carbocycles. The number of rotatable bonds is 23. The number of Topliss-reactive ketones (excluding diaryl/α,β-unsaturated/α-hetero) is 4. The topological polar surface area (TPSA) is 353 Å². The molecule has 129 heavy (non-hydrogen) atoms. The first-order valence-electron chi connectivity index (χ1n) is 43.5. The highest BCUT2D eigenvalue weighted by Gasteiger charge is 2.45. The minimum Gasteiger partial charge on any atom is -0.508 e. The van der Waals surface area contributed by atoms with E-state index in [-0.39, 0.29) is 106 Å². The molecule has 0 bridgehead atoms. The van der Waals surface area contributed by atoms with Gasteiger partial charge in [-0.15, -0.1) is 0 Å². The van der Waals surface area contributed by atoms with Crippen LogP contribution in [0, 0.1) is 41.7 Å². The number of likely N-dealkylation sites (tertiary alicyclic amines) is 1. The first kappa shape index (κ1) is 90.6. The number of aromatic carboxylic acids is 1. The zero-order valence-corrected chi connectivity index (χ0v) is 72.5. The Bertz CT molecular complexity index is 6120. The summed E-state index contributed by atoms with van der Waals surface area (Å²) in [6, 6.07) is 70.6. The van der Waals surface area contributed by atoms with E-state index in [0.29, 0.717) is 93.6 Å². The largest absolute Gasteiger partial charge is 0.508 e. The summed E-state index contributed by atoms with van der Waals surface area (Å²) in [5.41, 5.74) is 23.4. The van der Waals surface area contributed by atoms with Gasteiger partial charge in [-0.1, -0.05) is 196 Å². The maximum Gasteiger partial charge on any atom is 0.335 e. The number of hydrazone groups is 1. The van der Waals surface area contributed by atoms with Gasteiger partial charge < -0.3 is 24.8 Å². The Hall–Kier alpha value is -14.6. The minimum absolute atomic E-state index is 0.0377. The lowest BCUT2D eigenvalue weighted by Gasteiger charge is -2.33. The quantitative estimate of drug-likeness (QED) is 0.0115. The molecule has 4 fully saturated rings. The fourth-order valence-corrected chi connectivity index (χ4v) is 17.3. The number of nitro groups is 1. The van der Waals surface area contributed by atoms with Crippen LogP contribution in [-0.4, -0.2) is 132 Å². The number of hydrogen-bond donors (Lipinski definition) is 4. The summed E-state index contributed by atoms with van der Waals surface area (Å²) < 4.78 is 16.5. The molecule has 18 rings (SSSR count). The van der Waals surface area contributed by atoms with Gasteiger partial charge in [0.15, 0.2) is 11.6 Å². The summed E-state index contributed by atoms with van der Waals surface area (Å²) in [5, 5.41) is 51.5. The van der Waals surface area contributed by atoms with E-state index in [0.717, 1.165) is 98.4 Å². The van der Waals surface area contributed by atoms with Crippen LogP contribution >= 0.6 is 0 Å². The average molecular weight is 1730 g/mol. The minimum atomic E-state index is -1.04. The maximum atomic E-state index is 12.8. The van der Waals surface area contributed by atoms with Gasteiger partial charge in [-0.05, 0) is 228 Å². The van der Waals surface area contributed by atoms with Gasteiger partial charge in [0.05, 0.1) is 59.0 Å². The summed E-state index contributed by atoms with van der Waals surface area (Å²) in [5.74, 6) is -0.497. The molecule has 7 aliphatic rings.